The van der Waals surface area contributed by atoms with Crippen LogP contribution in [0.5, 0.6) is 0 Å². The van der Waals surface area contributed by atoms with Gasteiger partial charge in [-0.1, -0.05) is 6.07 Å². The molecular formula is C11H8BrFN2O. The Morgan fingerprint density at radius 2 is 2.25 bits per heavy atom. The highest BCUT2D eigenvalue weighted by Crippen LogP contribution is 2.20. The van der Waals surface area contributed by atoms with E-state index in [2.05, 4.69) is 21.0 Å². The molecule has 0 fully saturated rings. The van der Waals surface area contributed by atoms with Gasteiger partial charge in [0, 0.05) is 13.2 Å². The maximum absolute atomic E-state index is 13.6. The lowest BCUT2D eigenvalue weighted by molar-refractivity contribution is 0.103. The second kappa shape index (κ2) is 4.17. The van der Waals surface area contributed by atoms with Crippen LogP contribution < -0.4 is 0 Å². The molecule has 0 unspecified atom stereocenters. The summed E-state index contributed by atoms with van der Waals surface area (Å²) in [5.41, 5.74) is 0.418. The standard InChI is InChI=1S/C11H8BrFN2O/c1-15-6-7(5-14-15)11(16)8-3-2-4-9(12)10(8)13/h2-6H,1H3. The summed E-state index contributed by atoms with van der Waals surface area (Å²) < 4.78 is 15.4. The molecule has 0 aliphatic rings. The van der Waals surface area contributed by atoms with Crippen molar-refractivity contribution in [2.75, 3.05) is 0 Å². The maximum Gasteiger partial charge on any atom is 0.199 e. The van der Waals surface area contributed by atoms with Crippen LogP contribution in [0.1, 0.15) is 15.9 Å². The number of hydrogen-bond donors (Lipinski definition) is 0. The first-order valence-corrected chi connectivity index (χ1v) is 5.36. The van der Waals surface area contributed by atoms with Gasteiger partial charge in [0.25, 0.3) is 0 Å². The molecular weight excluding hydrogens is 275 g/mol. The molecule has 82 valence electrons. The third-order valence-corrected chi connectivity index (χ3v) is 2.78. The van der Waals surface area contributed by atoms with E-state index in [1.54, 1.807) is 25.4 Å². The zero-order valence-electron chi connectivity index (χ0n) is 8.45. The number of hydrogen-bond acceptors (Lipinski definition) is 2. The zero-order chi connectivity index (χ0) is 11.7. The fourth-order valence-electron chi connectivity index (χ4n) is 1.37. The normalized spacial score (nSPS) is 10.4. The Kier molecular flexibility index (Phi) is 2.87. The number of ketones is 1. The molecule has 2 rings (SSSR count). The minimum atomic E-state index is -0.545. The molecule has 2 aromatic rings. The number of carbonyl (C=O) groups excluding carboxylic acids is 1. The van der Waals surface area contributed by atoms with E-state index in [1.165, 1.54) is 16.9 Å². The molecule has 5 heteroatoms. The van der Waals surface area contributed by atoms with Gasteiger partial charge in [0.05, 0.1) is 21.8 Å². The highest BCUT2D eigenvalue weighted by atomic mass is 79.9. The molecule has 0 aliphatic heterocycles. The van der Waals surface area contributed by atoms with Crippen LogP contribution in [0, 0.1) is 5.82 Å². The van der Waals surface area contributed by atoms with E-state index in [0.717, 1.165) is 0 Å². The predicted octanol–water partition coefficient (Wildman–Crippen LogP) is 2.55. The molecule has 1 heterocycles. The van der Waals surface area contributed by atoms with Crippen LogP contribution in [0.25, 0.3) is 0 Å². The van der Waals surface area contributed by atoms with E-state index < -0.39 is 5.82 Å². The minimum absolute atomic E-state index is 0.0439. The number of rotatable bonds is 2. The van der Waals surface area contributed by atoms with Gasteiger partial charge in [0.1, 0.15) is 5.82 Å². The Morgan fingerprint density at radius 3 is 2.88 bits per heavy atom. The highest BCUT2D eigenvalue weighted by Gasteiger charge is 2.16. The number of nitrogens with zero attached hydrogens (tertiary/aromatic N) is 2. The van der Waals surface area contributed by atoms with Crippen LogP contribution in [-0.4, -0.2) is 15.6 Å². The van der Waals surface area contributed by atoms with Gasteiger partial charge in [0.2, 0.25) is 0 Å². The van der Waals surface area contributed by atoms with E-state index in [0.29, 0.717) is 5.56 Å². The second-order valence-electron chi connectivity index (χ2n) is 3.33. The summed E-state index contributed by atoms with van der Waals surface area (Å²) in [5.74, 6) is -0.914. The Morgan fingerprint density at radius 1 is 1.50 bits per heavy atom. The molecule has 0 amide bonds. The summed E-state index contributed by atoms with van der Waals surface area (Å²) in [6.07, 6.45) is 2.98. The van der Waals surface area contributed by atoms with Crippen LogP contribution in [0.2, 0.25) is 0 Å². The van der Waals surface area contributed by atoms with Gasteiger partial charge in [0.15, 0.2) is 5.78 Å². The van der Waals surface area contributed by atoms with Gasteiger partial charge in [-0.15, -0.1) is 0 Å². The molecule has 0 radical (unpaired) electrons. The summed E-state index contributed by atoms with van der Waals surface area (Å²) in [6.45, 7) is 0. The van der Waals surface area contributed by atoms with Crippen molar-refractivity contribution in [1.29, 1.82) is 0 Å². The van der Waals surface area contributed by atoms with Crippen molar-refractivity contribution in [1.82, 2.24) is 9.78 Å². The van der Waals surface area contributed by atoms with E-state index in [-0.39, 0.29) is 15.8 Å². The summed E-state index contributed by atoms with van der Waals surface area (Å²) in [5, 5.41) is 3.88. The molecule has 0 bridgehead atoms. The van der Waals surface area contributed by atoms with Crippen molar-refractivity contribution < 1.29 is 9.18 Å². The number of aromatic nitrogens is 2. The van der Waals surface area contributed by atoms with Crippen molar-refractivity contribution in [2.24, 2.45) is 7.05 Å². The molecule has 1 aromatic heterocycles. The molecule has 0 atom stereocenters. The number of aryl methyl sites for hydroxylation is 1. The molecule has 0 spiro atoms. The van der Waals surface area contributed by atoms with Gasteiger partial charge in [-0.2, -0.15) is 5.10 Å². The first kappa shape index (κ1) is 11.0. The fourth-order valence-corrected chi connectivity index (χ4v) is 1.74. The molecule has 0 saturated heterocycles. The van der Waals surface area contributed by atoms with Gasteiger partial charge < -0.3 is 0 Å². The topological polar surface area (TPSA) is 34.9 Å². The van der Waals surface area contributed by atoms with E-state index in [9.17, 15) is 9.18 Å². The molecule has 16 heavy (non-hydrogen) atoms. The van der Waals surface area contributed by atoms with E-state index in [4.69, 9.17) is 0 Å². The highest BCUT2D eigenvalue weighted by molar-refractivity contribution is 9.10. The zero-order valence-corrected chi connectivity index (χ0v) is 10.0. The van der Waals surface area contributed by atoms with Crippen molar-refractivity contribution in [3.63, 3.8) is 0 Å². The minimum Gasteiger partial charge on any atom is -0.288 e. The van der Waals surface area contributed by atoms with Crippen molar-refractivity contribution >= 4 is 21.7 Å². The monoisotopic (exact) mass is 282 g/mol. The average Bonchev–Trinajstić information content (AvgIpc) is 2.68. The summed E-state index contributed by atoms with van der Waals surface area (Å²) in [6, 6.07) is 4.63. The van der Waals surface area contributed by atoms with E-state index in [1.807, 2.05) is 0 Å². The maximum atomic E-state index is 13.6. The summed E-state index contributed by atoms with van der Waals surface area (Å²) in [4.78, 5) is 11.9. The average molecular weight is 283 g/mol. The summed E-state index contributed by atoms with van der Waals surface area (Å²) >= 11 is 3.04. The largest absolute Gasteiger partial charge is 0.288 e. The smallest absolute Gasteiger partial charge is 0.199 e. The Labute approximate surface area is 100 Å². The number of benzene rings is 1. The van der Waals surface area contributed by atoms with Crippen molar-refractivity contribution in [3.05, 3.63) is 52.0 Å². The van der Waals surface area contributed by atoms with Crippen molar-refractivity contribution in [2.45, 2.75) is 0 Å². The van der Waals surface area contributed by atoms with Gasteiger partial charge in [-0.25, -0.2) is 4.39 Å². The van der Waals surface area contributed by atoms with Gasteiger partial charge in [-0.05, 0) is 28.1 Å². The fraction of sp³-hybridized carbons (Fsp3) is 0.0909. The van der Waals surface area contributed by atoms with Gasteiger partial charge in [-0.3, -0.25) is 9.48 Å². The van der Waals surface area contributed by atoms with Crippen LogP contribution >= 0.6 is 15.9 Å². The lowest BCUT2D eigenvalue weighted by atomic mass is 10.1. The molecule has 3 nitrogen and oxygen atoms in total. The second-order valence-corrected chi connectivity index (χ2v) is 4.19. The quantitative estimate of drug-likeness (QED) is 0.794. The molecule has 0 N–H and O–H groups in total. The Bertz CT molecular complexity index is 551. The van der Waals surface area contributed by atoms with Crippen LogP contribution in [-0.2, 0) is 7.05 Å². The SMILES string of the molecule is Cn1cc(C(=O)c2cccc(Br)c2F)cn1. The van der Waals surface area contributed by atoms with Gasteiger partial charge >= 0.3 is 0 Å². The molecule has 0 saturated carbocycles. The third-order valence-electron chi connectivity index (χ3n) is 2.16. The number of carbonyl (C=O) groups is 1. The first-order chi connectivity index (χ1) is 7.59. The lowest BCUT2D eigenvalue weighted by Gasteiger charge is -2.01. The lowest BCUT2D eigenvalue weighted by Crippen LogP contribution is -2.03. The van der Waals surface area contributed by atoms with Crippen molar-refractivity contribution in [3.8, 4) is 0 Å². The summed E-state index contributed by atoms with van der Waals surface area (Å²) in [7, 11) is 1.70. The first-order valence-electron chi connectivity index (χ1n) is 4.57. The molecule has 0 aliphatic carbocycles. The van der Waals surface area contributed by atoms with Crippen LogP contribution in [0.3, 0.4) is 0 Å². The third kappa shape index (κ3) is 1.90. The Balaban J connectivity index is 2.45. The molecule has 1 aromatic carbocycles. The Hall–Kier alpha value is -1.49. The van der Waals surface area contributed by atoms with Crippen LogP contribution in [0.4, 0.5) is 4.39 Å². The van der Waals surface area contributed by atoms with E-state index >= 15 is 0 Å². The van der Waals surface area contributed by atoms with Crippen LogP contribution in [0.15, 0.2) is 35.1 Å². The predicted molar refractivity (Wildman–Crippen MR) is 60.7 cm³/mol. The number of halogens is 2.